The fourth-order valence-electron chi connectivity index (χ4n) is 3.09. The number of aryl methyl sites for hydroxylation is 1. The molecule has 3 rings (SSSR count). The minimum atomic E-state index is -0.400. The molecule has 3 nitrogen and oxygen atoms in total. The lowest BCUT2D eigenvalue weighted by atomic mass is 9.98. The predicted molar refractivity (Wildman–Crippen MR) is 107 cm³/mol. The molecular weight excluding hydrogens is 324 g/mol. The summed E-state index contributed by atoms with van der Waals surface area (Å²) >= 11 is 0. The van der Waals surface area contributed by atoms with Gasteiger partial charge < -0.3 is 9.47 Å². The average Bonchev–Trinajstić information content (AvgIpc) is 2.64. The Balaban J connectivity index is 1.86. The van der Waals surface area contributed by atoms with Crippen molar-refractivity contribution < 1.29 is 14.3 Å². The number of hydrogen-bond donors (Lipinski definition) is 0. The molecule has 0 bridgehead atoms. The number of hydrogen-bond acceptors (Lipinski definition) is 3. The highest BCUT2D eigenvalue weighted by atomic mass is 16.5. The van der Waals surface area contributed by atoms with E-state index in [4.69, 9.17) is 9.47 Å². The topological polar surface area (TPSA) is 35.5 Å². The van der Waals surface area contributed by atoms with Crippen molar-refractivity contribution in [3.05, 3.63) is 66.2 Å². The van der Waals surface area contributed by atoms with Gasteiger partial charge in [0.25, 0.3) is 0 Å². The van der Waals surface area contributed by atoms with E-state index in [0.29, 0.717) is 11.3 Å². The van der Waals surface area contributed by atoms with Crippen LogP contribution < -0.4 is 4.74 Å². The summed E-state index contributed by atoms with van der Waals surface area (Å²) in [5.41, 5.74) is 1.74. The van der Waals surface area contributed by atoms with Gasteiger partial charge in [-0.25, -0.2) is 4.79 Å². The smallest absolute Gasteiger partial charge is 0.338 e. The van der Waals surface area contributed by atoms with Gasteiger partial charge in [-0.2, -0.15) is 0 Å². The summed E-state index contributed by atoms with van der Waals surface area (Å²) in [7, 11) is 1.74. The molecule has 3 aromatic rings. The summed E-state index contributed by atoms with van der Waals surface area (Å²) in [4.78, 5) is 11.7. The molecule has 0 spiro atoms. The van der Waals surface area contributed by atoms with Crippen molar-refractivity contribution in [2.24, 2.45) is 0 Å². The molecule has 0 saturated carbocycles. The molecule has 0 aromatic heterocycles. The van der Waals surface area contributed by atoms with Crippen LogP contribution in [0, 0.1) is 0 Å². The monoisotopic (exact) mass is 348 g/mol. The van der Waals surface area contributed by atoms with Crippen molar-refractivity contribution in [2.75, 3.05) is 13.7 Å². The molecule has 134 valence electrons. The summed E-state index contributed by atoms with van der Waals surface area (Å²) in [5, 5.41) is 4.65. The molecule has 26 heavy (non-hydrogen) atoms. The molecule has 0 aliphatic heterocycles. The molecule has 0 aliphatic carbocycles. The zero-order valence-electron chi connectivity index (χ0n) is 15.4. The van der Waals surface area contributed by atoms with E-state index in [2.05, 4.69) is 36.9 Å². The second kappa shape index (κ2) is 8.15. The summed E-state index contributed by atoms with van der Waals surface area (Å²) in [6.07, 6.45) is 3.27. The van der Waals surface area contributed by atoms with E-state index >= 15 is 0 Å². The minimum Gasteiger partial charge on any atom is -0.423 e. The maximum atomic E-state index is 11.7. The Labute approximate surface area is 154 Å². The number of unbranched alkanes of at least 4 members (excludes halogenated alkanes) is 1. The van der Waals surface area contributed by atoms with Gasteiger partial charge in [-0.3, -0.25) is 0 Å². The van der Waals surface area contributed by atoms with E-state index in [1.807, 2.05) is 18.2 Å². The molecule has 0 unspecified atom stereocenters. The number of ether oxygens (including phenoxy) is 2. The number of benzene rings is 3. The minimum absolute atomic E-state index is 0.390. The van der Waals surface area contributed by atoms with Crippen LogP contribution in [-0.4, -0.2) is 19.7 Å². The fourth-order valence-corrected chi connectivity index (χ4v) is 3.09. The number of carbonyl (C=O) groups is 1. The second-order valence-corrected chi connectivity index (χ2v) is 6.62. The summed E-state index contributed by atoms with van der Waals surface area (Å²) in [6, 6.07) is 16.6. The first kappa shape index (κ1) is 18.2. The number of rotatable bonds is 7. The molecule has 0 aliphatic rings. The van der Waals surface area contributed by atoms with Crippen molar-refractivity contribution >= 4 is 27.5 Å². The zero-order chi connectivity index (χ0) is 18.5. The Morgan fingerprint density at radius 1 is 0.962 bits per heavy atom. The van der Waals surface area contributed by atoms with Crippen LogP contribution in [0.1, 0.15) is 25.3 Å². The van der Waals surface area contributed by atoms with Crippen molar-refractivity contribution in [1.82, 2.24) is 0 Å². The fraction of sp³-hybridized carbons (Fsp3) is 0.261. The predicted octanol–water partition coefficient (Wildman–Crippen LogP) is 5.44. The van der Waals surface area contributed by atoms with Crippen molar-refractivity contribution in [2.45, 2.75) is 26.2 Å². The Kier molecular flexibility index (Phi) is 5.69. The summed E-state index contributed by atoms with van der Waals surface area (Å²) in [6.45, 7) is 6.07. The number of carbonyl (C=O) groups excluding carboxylic acids is 1. The van der Waals surface area contributed by atoms with E-state index in [-0.39, 0.29) is 0 Å². The van der Waals surface area contributed by atoms with Gasteiger partial charge in [0.15, 0.2) is 0 Å². The van der Waals surface area contributed by atoms with Crippen molar-refractivity contribution in [3.8, 4) is 5.75 Å². The van der Waals surface area contributed by atoms with Gasteiger partial charge in [0, 0.05) is 19.3 Å². The van der Waals surface area contributed by atoms with Crippen LogP contribution in [-0.2, 0) is 16.0 Å². The first-order valence-corrected chi connectivity index (χ1v) is 8.90. The summed E-state index contributed by atoms with van der Waals surface area (Å²) < 4.78 is 10.4. The Morgan fingerprint density at radius 3 is 2.35 bits per heavy atom. The van der Waals surface area contributed by atoms with Crippen molar-refractivity contribution in [3.63, 3.8) is 0 Å². The molecule has 0 amide bonds. The molecule has 0 N–H and O–H groups in total. The standard InChI is InChI=1S/C23H24O3/c1-16(2)23(24)26-20-10-12-22-19(15-20)9-8-18-14-17(7-11-21(18)22)6-4-5-13-25-3/h7-12,14-15H,1,4-6,13H2,2-3H3. The normalized spacial score (nSPS) is 11.0. The molecule has 0 saturated heterocycles. The van der Waals surface area contributed by atoms with Crippen LogP contribution in [0.5, 0.6) is 5.75 Å². The van der Waals surface area contributed by atoms with Gasteiger partial charge in [0.2, 0.25) is 0 Å². The third-order valence-electron chi connectivity index (χ3n) is 4.49. The third-order valence-corrected chi connectivity index (χ3v) is 4.49. The molecule has 3 aromatic carbocycles. The lowest BCUT2D eigenvalue weighted by molar-refractivity contribution is -0.130. The van der Waals surface area contributed by atoms with Gasteiger partial charge in [-0.1, -0.05) is 43.0 Å². The SMILES string of the molecule is C=C(C)C(=O)Oc1ccc2c(ccc3cc(CCCCOC)ccc32)c1. The van der Waals surface area contributed by atoms with E-state index < -0.39 is 5.97 Å². The number of esters is 1. The van der Waals surface area contributed by atoms with Crippen molar-refractivity contribution in [1.29, 1.82) is 0 Å². The van der Waals surface area contributed by atoms with Gasteiger partial charge in [-0.05, 0) is 65.4 Å². The van der Waals surface area contributed by atoms with Crippen LogP contribution in [0.25, 0.3) is 21.5 Å². The van der Waals surface area contributed by atoms with Crippen LogP contribution >= 0.6 is 0 Å². The highest BCUT2D eigenvalue weighted by molar-refractivity contribution is 6.08. The third kappa shape index (κ3) is 4.12. The lowest BCUT2D eigenvalue weighted by Gasteiger charge is -2.09. The lowest BCUT2D eigenvalue weighted by Crippen LogP contribution is -2.07. The molecular formula is C23H24O3. The van der Waals surface area contributed by atoms with Crippen LogP contribution in [0.2, 0.25) is 0 Å². The van der Waals surface area contributed by atoms with E-state index in [1.54, 1.807) is 14.0 Å². The second-order valence-electron chi connectivity index (χ2n) is 6.62. The highest BCUT2D eigenvalue weighted by Crippen LogP contribution is 2.29. The first-order chi connectivity index (χ1) is 12.6. The number of fused-ring (bicyclic) bond motifs is 3. The zero-order valence-corrected chi connectivity index (χ0v) is 15.4. The number of methoxy groups -OCH3 is 1. The Hall–Kier alpha value is -2.65. The maximum absolute atomic E-state index is 11.7. The highest BCUT2D eigenvalue weighted by Gasteiger charge is 2.08. The largest absolute Gasteiger partial charge is 0.423 e. The van der Waals surface area contributed by atoms with Gasteiger partial charge >= 0.3 is 5.97 Å². The van der Waals surface area contributed by atoms with E-state index in [9.17, 15) is 4.79 Å². The quantitative estimate of drug-likeness (QED) is 0.187. The summed E-state index contributed by atoms with van der Waals surface area (Å²) in [5.74, 6) is 0.142. The molecule has 0 heterocycles. The van der Waals surface area contributed by atoms with Gasteiger partial charge in [0.1, 0.15) is 5.75 Å². The molecule has 0 fully saturated rings. The van der Waals surface area contributed by atoms with Gasteiger partial charge in [-0.15, -0.1) is 0 Å². The van der Waals surface area contributed by atoms with Gasteiger partial charge in [0.05, 0.1) is 0 Å². The van der Waals surface area contributed by atoms with E-state index in [1.165, 1.54) is 16.3 Å². The molecule has 0 atom stereocenters. The first-order valence-electron chi connectivity index (χ1n) is 8.90. The Morgan fingerprint density at radius 2 is 1.65 bits per heavy atom. The van der Waals surface area contributed by atoms with E-state index in [0.717, 1.165) is 36.6 Å². The molecule has 3 heteroatoms. The molecule has 0 radical (unpaired) electrons. The Bertz CT molecular complexity index is 956. The maximum Gasteiger partial charge on any atom is 0.338 e. The van der Waals surface area contributed by atoms with Crippen LogP contribution in [0.3, 0.4) is 0 Å². The van der Waals surface area contributed by atoms with Crippen LogP contribution in [0.15, 0.2) is 60.7 Å². The van der Waals surface area contributed by atoms with Crippen LogP contribution in [0.4, 0.5) is 0 Å². The average molecular weight is 348 g/mol.